The maximum absolute atomic E-state index is 13.0. The third kappa shape index (κ3) is 4.56. The Hall–Kier alpha value is -2.19. The Balaban J connectivity index is 1.81. The van der Waals surface area contributed by atoms with Crippen LogP contribution in [0.4, 0.5) is 0 Å². The second-order valence-corrected chi connectivity index (χ2v) is 10.0. The zero-order valence-corrected chi connectivity index (χ0v) is 16.8. The molecule has 0 aliphatic carbocycles. The molecule has 0 saturated heterocycles. The first-order chi connectivity index (χ1) is 12.8. The molecule has 0 bridgehead atoms. The van der Waals surface area contributed by atoms with E-state index in [0.717, 1.165) is 16.7 Å². The molecule has 8 heteroatoms. The van der Waals surface area contributed by atoms with E-state index in [1.165, 1.54) is 16.2 Å². The zero-order chi connectivity index (χ0) is 19.6. The van der Waals surface area contributed by atoms with Crippen molar-refractivity contribution in [3.05, 3.63) is 57.8 Å². The molecule has 0 unspecified atom stereocenters. The van der Waals surface area contributed by atoms with Gasteiger partial charge in [-0.05, 0) is 36.4 Å². The number of amides is 2. The Morgan fingerprint density at radius 3 is 2.63 bits per heavy atom. The standard InChI is InChI=1S/C19H22N2O4S2/c1-13(17-8-5-10-26-17)20-18(22)16(9-11-27(2,24)25)21-12-14-6-3-4-7-15(14)19(21)23/h3-8,10,13,16H,9,11-12H2,1-2H3,(H,20,22)/t13-,16+/m1/s1. The molecule has 3 rings (SSSR count). The third-order valence-corrected chi connectivity index (χ3v) is 6.65. The van der Waals surface area contributed by atoms with E-state index in [0.29, 0.717) is 12.1 Å². The van der Waals surface area contributed by atoms with E-state index in [9.17, 15) is 18.0 Å². The van der Waals surface area contributed by atoms with E-state index in [1.54, 1.807) is 12.1 Å². The molecule has 2 aromatic rings. The summed E-state index contributed by atoms with van der Waals surface area (Å²) >= 11 is 1.53. The fourth-order valence-corrected chi connectivity index (χ4v) is 4.59. The van der Waals surface area contributed by atoms with Crippen LogP contribution in [0.3, 0.4) is 0 Å². The Labute approximate surface area is 163 Å². The number of nitrogens with zero attached hydrogens (tertiary/aromatic N) is 1. The molecule has 6 nitrogen and oxygen atoms in total. The minimum Gasteiger partial charge on any atom is -0.347 e. The van der Waals surface area contributed by atoms with Crippen LogP contribution in [0.2, 0.25) is 0 Å². The number of benzene rings is 1. The van der Waals surface area contributed by atoms with Crippen LogP contribution in [0.5, 0.6) is 0 Å². The quantitative estimate of drug-likeness (QED) is 0.765. The van der Waals surface area contributed by atoms with Gasteiger partial charge in [0, 0.05) is 23.2 Å². The van der Waals surface area contributed by atoms with Gasteiger partial charge in [-0.2, -0.15) is 0 Å². The second kappa shape index (κ2) is 7.82. The molecular formula is C19H22N2O4S2. The normalized spacial score (nSPS) is 16.1. The third-order valence-electron chi connectivity index (χ3n) is 4.62. The van der Waals surface area contributed by atoms with Crippen LogP contribution < -0.4 is 5.32 Å². The number of carbonyl (C=O) groups excluding carboxylic acids is 2. The van der Waals surface area contributed by atoms with Crippen LogP contribution in [0.25, 0.3) is 0 Å². The number of hydrogen-bond donors (Lipinski definition) is 1. The van der Waals surface area contributed by atoms with E-state index in [-0.39, 0.29) is 30.0 Å². The van der Waals surface area contributed by atoms with Crippen molar-refractivity contribution in [1.82, 2.24) is 10.2 Å². The Bertz CT molecular complexity index is 938. The maximum atomic E-state index is 13.0. The summed E-state index contributed by atoms with van der Waals surface area (Å²) in [6.07, 6.45) is 1.21. The highest BCUT2D eigenvalue weighted by Gasteiger charge is 2.36. The van der Waals surface area contributed by atoms with E-state index in [1.807, 2.05) is 36.6 Å². The highest BCUT2D eigenvalue weighted by Crippen LogP contribution is 2.26. The summed E-state index contributed by atoms with van der Waals surface area (Å²) in [5, 5.41) is 4.86. The Kier molecular flexibility index (Phi) is 5.67. The zero-order valence-electron chi connectivity index (χ0n) is 15.2. The van der Waals surface area contributed by atoms with Gasteiger partial charge in [0.2, 0.25) is 5.91 Å². The van der Waals surface area contributed by atoms with E-state index in [4.69, 9.17) is 0 Å². The van der Waals surface area contributed by atoms with Crippen molar-refractivity contribution in [2.24, 2.45) is 0 Å². The number of carbonyl (C=O) groups is 2. The molecule has 1 aromatic heterocycles. The van der Waals surface area contributed by atoms with Gasteiger partial charge in [-0.1, -0.05) is 24.3 Å². The summed E-state index contributed by atoms with van der Waals surface area (Å²) in [5.41, 5.74) is 1.42. The van der Waals surface area contributed by atoms with Crippen molar-refractivity contribution in [3.63, 3.8) is 0 Å². The van der Waals surface area contributed by atoms with Gasteiger partial charge in [-0.3, -0.25) is 9.59 Å². The molecule has 2 atom stereocenters. The van der Waals surface area contributed by atoms with Crippen LogP contribution >= 0.6 is 11.3 Å². The fourth-order valence-electron chi connectivity index (χ4n) is 3.20. The summed E-state index contributed by atoms with van der Waals surface area (Å²) in [4.78, 5) is 28.2. The molecule has 27 heavy (non-hydrogen) atoms. The first kappa shape index (κ1) is 19.6. The largest absolute Gasteiger partial charge is 0.347 e. The summed E-state index contributed by atoms with van der Waals surface area (Å²) in [6.45, 7) is 2.18. The van der Waals surface area contributed by atoms with Gasteiger partial charge in [0.05, 0.1) is 11.8 Å². The molecule has 1 aliphatic heterocycles. The average molecular weight is 407 g/mol. The fraction of sp³-hybridized carbons (Fsp3) is 0.368. The minimum absolute atomic E-state index is 0.0710. The highest BCUT2D eigenvalue weighted by molar-refractivity contribution is 7.90. The van der Waals surface area contributed by atoms with Crippen LogP contribution in [-0.2, 0) is 21.2 Å². The van der Waals surface area contributed by atoms with Crippen LogP contribution in [0.15, 0.2) is 41.8 Å². The Morgan fingerprint density at radius 1 is 1.26 bits per heavy atom. The SMILES string of the molecule is C[C@@H](NC(=O)[C@H](CCS(C)(=O)=O)N1Cc2ccccc2C1=O)c1cccs1. The molecule has 144 valence electrons. The molecule has 1 N–H and O–H groups in total. The van der Waals surface area contributed by atoms with E-state index in [2.05, 4.69) is 5.32 Å². The summed E-state index contributed by atoms with van der Waals surface area (Å²) in [5.74, 6) is -0.720. The van der Waals surface area contributed by atoms with Gasteiger partial charge in [0.15, 0.2) is 0 Å². The number of thiophene rings is 1. The molecule has 0 radical (unpaired) electrons. The van der Waals surface area contributed by atoms with Crippen LogP contribution in [-0.4, -0.2) is 43.2 Å². The maximum Gasteiger partial charge on any atom is 0.255 e. The van der Waals surface area contributed by atoms with Crippen molar-refractivity contribution < 1.29 is 18.0 Å². The number of fused-ring (bicyclic) bond motifs is 1. The predicted molar refractivity (Wildman–Crippen MR) is 105 cm³/mol. The second-order valence-electron chi connectivity index (χ2n) is 6.77. The summed E-state index contributed by atoms with van der Waals surface area (Å²) in [6, 6.07) is 10.0. The lowest BCUT2D eigenvalue weighted by Gasteiger charge is -2.28. The molecule has 2 heterocycles. The summed E-state index contributed by atoms with van der Waals surface area (Å²) < 4.78 is 23.3. The van der Waals surface area contributed by atoms with Gasteiger partial charge in [0.1, 0.15) is 15.9 Å². The van der Waals surface area contributed by atoms with E-state index < -0.39 is 15.9 Å². The average Bonchev–Trinajstić information content (AvgIpc) is 3.24. The lowest BCUT2D eigenvalue weighted by atomic mass is 10.1. The first-order valence-electron chi connectivity index (χ1n) is 8.66. The molecule has 0 fully saturated rings. The molecular weight excluding hydrogens is 384 g/mol. The minimum atomic E-state index is -3.25. The first-order valence-corrected chi connectivity index (χ1v) is 11.6. The van der Waals surface area contributed by atoms with Gasteiger partial charge in [-0.15, -0.1) is 11.3 Å². The van der Waals surface area contributed by atoms with Gasteiger partial charge in [0.25, 0.3) is 5.91 Å². The van der Waals surface area contributed by atoms with Crippen molar-refractivity contribution in [1.29, 1.82) is 0 Å². The molecule has 0 spiro atoms. The number of sulfone groups is 1. The van der Waals surface area contributed by atoms with Crippen LogP contribution in [0.1, 0.15) is 40.2 Å². The van der Waals surface area contributed by atoms with Gasteiger partial charge in [-0.25, -0.2) is 8.42 Å². The number of rotatable bonds is 7. The lowest BCUT2D eigenvalue weighted by Crippen LogP contribution is -2.48. The van der Waals surface area contributed by atoms with Crippen LogP contribution in [0, 0.1) is 0 Å². The molecule has 0 saturated carbocycles. The van der Waals surface area contributed by atoms with E-state index >= 15 is 0 Å². The topological polar surface area (TPSA) is 83.6 Å². The van der Waals surface area contributed by atoms with Crippen molar-refractivity contribution >= 4 is 33.0 Å². The van der Waals surface area contributed by atoms with Crippen molar-refractivity contribution in [3.8, 4) is 0 Å². The predicted octanol–water partition coefficient (Wildman–Crippen LogP) is 2.38. The van der Waals surface area contributed by atoms with Gasteiger partial charge < -0.3 is 10.2 Å². The number of hydrogen-bond acceptors (Lipinski definition) is 5. The molecule has 1 aromatic carbocycles. The highest BCUT2D eigenvalue weighted by atomic mass is 32.2. The monoisotopic (exact) mass is 406 g/mol. The summed E-state index contributed by atoms with van der Waals surface area (Å²) in [7, 11) is -3.25. The van der Waals surface area contributed by atoms with Crippen molar-refractivity contribution in [2.75, 3.05) is 12.0 Å². The smallest absolute Gasteiger partial charge is 0.255 e. The van der Waals surface area contributed by atoms with Crippen molar-refractivity contribution in [2.45, 2.75) is 32.0 Å². The Morgan fingerprint density at radius 2 is 2.00 bits per heavy atom. The molecule has 1 aliphatic rings. The molecule has 2 amide bonds. The van der Waals surface area contributed by atoms with Gasteiger partial charge >= 0.3 is 0 Å². The number of nitrogens with one attached hydrogen (secondary N) is 1. The lowest BCUT2D eigenvalue weighted by molar-refractivity contribution is -0.126.